The van der Waals surface area contributed by atoms with E-state index in [4.69, 9.17) is 5.26 Å². The molecule has 0 amide bonds. The zero-order valence-corrected chi connectivity index (χ0v) is 4.89. The van der Waals surface area contributed by atoms with E-state index in [1.807, 2.05) is 12.9 Å². The molecule has 1 atom stereocenters. The fourth-order valence-corrected chi connectivity index (χ4v) is 0.150. The first-order valence-electron chi connectivity index (χ1n) is 1.62. The molecule has 0 spiro atoms. The van der Waals surface area contributed by atoms with E-state index >= 15 is 0 Å². The van der Waals surface area contributed by atoms with Crippen molar-refractivity contribution in [2.24, 2.45) is 0 Å². The third kappa shape index (κ3) is 1.99. The van der Waals surface area contributed by atoms with Crippen molar-refractivity contribution in [2.45, 2.75) is 0 Å². The third-order valence-corrected chi connectivity index (χ3v) is 1.26. The van der Waals surface area contributed by atoms with E-state index in [1.165, 1.54) is 0 Å². The van der Waals surface area contributed by atoms with Crippen LogP contribution >= 0.6 is 8.73 Å². The maximum absolute atomic E-state index is 8.02. The summed E-state index contributed by atoms with van der Waals surface area (Å²) < 4.78 is 1.58. The van der Waals surface area contributed by atoms with Crippen LogP contribution in [-0.2, 0) is 0 Å². The molecule has 34 valence electrons. The SMILES string of the molecule is CPN(C)C#N. The normalized spacial score (nSPS) is 8.83. The molecule has 0 heterocycles. The van der Waals surface area contributed by atoms with Crippen LogP contribution in [0.1, 0.15) is 0 Å². The van der Waals surface area contributed by atoms with Crippen molar-refractivity contribution in [1.29, 1.82) is 5.26 Å². The fraction of sp³-hybridized carbons (Fsp3) is 0.667. The van der Waals surface area contributed by atoms with Gasteiger partial charge in [-0.15, -0.1) is 0 Å². The minimum absolute atomic E-state index is 0.604. The molecule has 0 saturated carbocycles. The molecule has 6 heavy (non-hydrogen) atoms. The molecule has 3 heteroatoms. The van der Waals surface area contributed by atoms with Crippen molar-refractivity contribution >= 4 is 8.73 Å². The van der Waals surface area contributed by atoms with Crippen molar-refractivity contribution in [2.75, 3.05) is 13.7 Å². The average molecular weight is 102 g/mol. The van der Waals surface area contributed by atoms with Gasteiger partial charge in [-0.3, -0.25) is 4.67 Å². The van der Waals surface area contributed by atoms with Gasteiger partial charge in [0.15, 0.2) is 6.19 Å². The van der Waals surface area contributed by atoms with Crippen LogP contribution in [-0.4, -0.2) is 18.4 Å². The van der Waals surface area contributed by atoms with Gasteiger partial charge < -0.3 is 0 Å². The minimum atomic E-state index is 0.604. The molecule has 1 unspecified atom stereocenters. The first-order chi connectivity index (χ1) is 2.81. The second-order valence-electron chi connectivity index (χ2n) is 0.883. The molecule has 0 bridgehead atoms. The van der Waals surface area contributed by atoms with E-state index in [9.17, 15) is 0 Å². The smallest absolute Gasteiger partial charge is 0.182 e. The predicted molar refractivity (Wildman–Crippen MR) is 27.6 cm³/mol. The molecular formula is C3H7N2P. The number of nitriles is 1. The van der Waals surface area contributed by atoms with E-state index in [0.717, 1.165) is 0 Å². The second-order valence-corrected chi connectivity index (χ2v) is 2.00. The Kier molecular flexibility index (Phi) is 2.80. The van der Waals surface area contributed by atoms with Crippen LogP contribution in [0.4, 0.5) is 0 Å². The molecule has 0 aromatic carbocycles. The summed E-state index contributed by atoms with van der Waals surface area (Å²) in [5.41, 5.74) is 0. The molecule has 0 fully saturated rings. The van der Waals surface area contributed by atoms with Crippen LogP contribution in [0, 0.1) is 11.5 Å². The lowest BCUT2D eigenvalue weighted by molar-refractivity contribution is 0.789. The zero-order chi connectivity index (χ0) is 4.99. The van der Waals surface area contributed by atoms with E-state index in [-0.39, 0.29) is 0 Å². The molecule has 0 aliphatic carbocycles. The molecule has 0 aromatic rings. The van der Waals surface area contributed by atoms with Gasteiger partial charge in [-0.2, -0.15) is 5.26 Å². The number of hydrogen-bond donors (Lipinski definition) is 0. The average Bonchev–Trinajstić information content (AvgIpc) is 1.65. The zero-order valence-electron chi connectivity index (χ0n) is 3.89. The van der Waals surface area contributed by atoms with Crippen LogP contribution < -0.4 is 0 Å². The molecule has 0 aliphatic heterocycles. The molecule has 0 N–H and O–H groups in total. The van der Waals surface area contributed by atoms with Gasteiger partial charge in [0, 0.05) is 7.05 Å². The summed E-state index contributed by atoms with van der Waals surface area (Å²) in [6, 6.07) is 0. The van der Waals surface area contributed by atoms with E-state index in [2.05, 4.69) is 0 Å². The van der Waals surface area contributed by atoms with Crippen molar-refractivity contribution in [3.8, 4) is 6.19 Å². The highest BCUT2D eigenvalue weighted by Gasteiger charge is 1.78. The molecule has 0 aliphatic rings. The van der Waals surface area contributed by atoms with Gasteiger partial charge in [-0.1, -0.05) is 0 Å². The van der Waals surface area contributed by atoms with Crippen molar-refractivity contribution in [3.63, 3.8) is 0 Å². The standard InChI is InChI=1S/C3H7N2P/c1-5(3-4)6-2/h6H,1-2H3. The maximum atomic E-state index is 8.02. The lowest BCUT2D eigenvalue weighted by Crippen LogP contribution is -1.92. The van der Waals surface area contributed by atoms with Crippen molar-refractivity contribution < 1.29 is 0 Å². The Balaban J connectivity index is 3.04. The Morgan fingerprint density at radius 2 is 2.33 bits per heavy atom. The molecule has 0 rings (SSSR count). The van der Waals surface area contributed by atoms with E-state index < -0.39 is 0 Å². The number of hydrogen-bond acceptors (Lipinski definition) is 2. The highest BCUT2D eigenvalue weighted by atomic mass is 31.1. The van der Waals surface area contributed by atoms with Crippen LogP contribution in [0.25, 0.3) is 0 Å². The Bertz CT molecular complexity index is 65.7. The molecule has 2 nitrogen and oxygen atoms in total. The van der Waals surface area contributed by atoms with E-state index in [0.29, 0.717) is 8.73 Å². The van der Waals surface area contributed by atoms with Crippen LogP contribution in [0.15, 0.2) is 0 Å². The number of rotatable bonds is 1. The molecular weight excluding hydrogens is 95.0 g/mol. The summed E-state index contributed by atoms with van der Waals surface area (Å²) in [4.78, 5) is 0. The summed E-state index contributed by atoms with van der Waals surface area (Å²) in [6.07, 6.45) is 1.96. The van der Waals surface area contributed by atoms with E-state index in [1.54, 1.807) is 11.7 Å². The van der Waals surface area contributed by atoms with Gasteiger partial charge in [-0.25, -0.2) is 0 Å². The summed E-state index contributed by atoms with van der Waals surface area (Å²) in [5.74, 6) is 0. The van der Waals surface area contributed by atoms with Crippen LogP contribution in [0.3, 0.4) is 0 Å². The van der Waals surface area contributed by atoms with Crippen LogP contribution in [0.2, 0.25) is 0 Å². The maximum Gasteiger partial charge on any atom is 0.182 e. The van der Waals surface area contributed by atoms with Crippen molar-refractivity contribution in [1.82, 2.24) is 4.67 Å². The largest absolute Gasteiger partial charge is 0.296 e. The Morgan fingerprint density at radius 3 is 2.33 bits per heavy atom. The Morgan fingerprint density at radius 1 is 1.83 bits per heavy atom. The molecule has 0 aromatic heterocycles. The first kappa shape index (κ1) is 5.72. The summed E-state index contributed by atoms with van der Waals surface area (Å²) in [5, 5.41) is 8.02. The quantitative estimate of drug-likeness (QED) is 0.275. The molecule has 0 saturated heterocycles. The number of nitrogens with zero attached hydrogens (tertiary/aromatic N) is 2. The lowest BCUT2D eigenvalue weighted by atomic mass is 11.2. The fourth-order valence-electron chi connectivity index (χ4n) is 0.0500. The van der Waals surface area contributed by atoms with Gasteiger partial charge in [0.25, 0.3) is 0 Å². The second kappa shape index (κ2) is 2.93. The van der Waals surface area contributed by atoms with Crippen molar-refractivity contribution in [3.05, 3.63) is 0 Å². The topological polar surface area (TPSA) is 27.0 Å². The highest BCUT2D eigenvalue weighted by molar-refractivity contribution is 7.34. The Labute approximate surface area is 39.6 Å². The summed E-state index contributed by atoms with van der Waals surface area (Å²) in [7, 11) is 2.37. The highest BCUT2D eigenvalue weighted by Crippen LogP contribution is 2.04. The minimum Gasteiger partial charge on any atom is -0.296 e. The monoisotopic (exact) mass is 102 g/mol. The van der Waals surface area contributed by atoms with Gasteiger partial charge in [0.1, 0.15) is 0 Å². The van der Waals surface area contributed by atoms with Gasteiger partial charge >= 0.3 is 0 Å². The summed E-state index contributed by atoms with van der Waals surface area (Å²) in [6.45, 7) is 1.96. The van der Waals surface area contributed by atoms with Gasteiger partial charge in [-0.05, 0) is 15.4 Å². The third-order valence-electron chi connectivity index (χ3n) is 0.485. The lowest BCUT2D eigenvalue weighted by Gasteiger charge is -1.98. The predicted octanol–water partition coefficient (Wildman–Crippen LogP) is 0.623. The molecule has 0 radical (unpaired) electrons. The van der Waals surface area contributed by atoms with Gasteiger partial charge in [0.2, 0.25) is 0 Å². The Hall–Kier alpha value is -0.280. The first-order valence-corrected chi connectivity index (χ1v) is 3.07. The van der Waals surface area contributed by atoms with Gasteiger partial charge in [0.05, 0.1) is 0 Å². The van der Waals surface area contributed by atoms with Crippen LogP contribution in [0.5, 0.6) is 0 Å². The summed E-state index contributed by atoms with van der Waals surface area (Å²) >= 11 is 0.